The van der Waals surface area contributed by atoms with Gasteiger partial charge in [0.05, 0.1) is 33.5 Å². The summed E-state index contributed by atoms with van der Waals surface area (Å²) >= 11 is 1.30. The van der Waals surface area contributed by atoms with E-state index in [9.17, 15) is 13.2 Å². The Labute approximate surface area is 197 Å². The fourth-order valence-electron chi connectivity index (χ4n) is 3.61. The lowest BCUT2D eigenvalue weighted by molar-refractivity contribution is 0.0598. The third-order valence-electron chi connectivity index (χ3n) is 5.29. The Hall–Kier alpha value is -3.23. The number of hydrogen-bond donors (Lipinski definition) is 0. The molecule has 6 nitrogen and oxygen atoms in total. The van der Waals surface area contributed by atoms with Crippen molar-refractivity contribution in [1.29, 1.82) is 0 Å². The average Bonchev–Trinajstić information content (AvgIpc) is 3.20. The van der Waals surface area contributed by atoms with Crippen LogP contribution in [0.4, 0.5) is 10.8 Å². The maximum Gasteiger partial charge on any atom is 0.338 e. The molecule has 3 aromatic carbocycles. The number of fused-ring (bicyclic) bond motifs is 1. The first kappa shape index (κ1) is 22.9. The van der Waals surface area contributed by atoms with Crippen LogP contribution in [0.2, 0.25) is 0 Å². The van der Waals surface area contributed by atoms with Crippen molar-refractivity contribution >= 4 is 48.4 Å². The monoisotopic (exact) mass is 480 g/mol. The third-order valence-corrected chi connectivity index (χ3v) is 8.12. The maximum absolute atomic E-state index is 14.0. The summed E-state index contributed by atoms with van der Waals surface area (Å²) in [6.07, 6.45) is 0. The van der Waals surface area contributed by atoms with Crippen LogP contribution in [-0.4, -0.2) is 26.5 Å². The van der Waals surface area contributed by atoms with E-state index in [4.69, 9.17) is 4.74 Å². The molecule has 0 bridgehead atoms. The van der Waals surface area contributed by atoms with E-state index in [-0.39, 0.29) is 16.4 Å². The number of ether oxygens (including phenoxy) is 1. The molecule has 0 aliphatic carbocycles. The minimum atomic E-state index is -4.10. The first-order chi connectivity index (χ1) is 15.7. The molecular formula is C25H24N2O4S2. The molecule has 0 amide bonds. The summed E-state index contributed by atoms with van der Waals surface area (Å²) in [5.41, 5.74) is 3.21. The number of aryl methyl sites for hydroxylation is 1. The molecule has 1 aromatic heterocycles. The van der Waals surface area contributed by atoms with Gasteiger partial charge in [0.15, 0.2) is 0 Å². The molecule has 0 unspecified atom stereocenters. The summed E-state index contributed by atoms with van der Waals surface area (Å²) in [6, 6.07) is 19.2. The van der Waals surface area contributed by atoms with Crippen molar-refractivity contribution in [3.63, 3.8) is 0 Å². The Morgan fingerprint density at radius 3 is 2.42 bits per heavy atom. The van der Waals surface area contributed by atoms with Gasteiger partial charge in [-0.15, -0.1) is 0 Å². The third kappa shape index (κ3) is 4.36. The van der Waals surface area contributed by atoms with Crippen LogP contribution in [0, 0.1) is 6.92 Å². The minimum Gasteiger partial charge on any atom is -0.465 e. The molecular weight excluding hydrogens is 456 g/mol. The van der Waals surface area contributed by atoms with Gasteiger partial charge in [0.2, 0.25) is 5.13 Å². The highest BCUT2D eigenvalue weighted by Crippen LogP contribution is 2.38. The Morgan fingerprint density at radius 1 is 1.03 bits per heavy atom. The molecule has 0 fully saturated rings. The van der Waals surface area contributed by atoms with Gasteiger partial charge in [0.1, 0.15) is 0 Å². The zero-order valence-corrected chi connectivity index (χ0v) is 20.4. The van der Waals surface area contributed by atoms with Crippen molar-refractivity contribution < 1.29 is 17.9 Å². The van der Waals surface area contributed by atoms with Gasteiger partial charge in [-0.2, -0.15) is 0 Å². The maximum atomic E-state index is 14.0. The van der Waals surface area contributed by atoms with Crippen molar-refractivity contribution in [2.75, 3.05) is 11.4 Å². The number of esters is 1. The summed E-state index contributed by atoms with van der Waals surface area (Å²) in [7, 11) is -2.81. The van der Waals surface area contributed by atoms with E-state index in [1.54, 1.807) is 30.3 Å². The van der Waals surface area contributed by atoms with E-state index in [0.29, 0.717) is 10.8 Å². The van der Waals surface area contributed by atoms with E-state index in [2.05, 4.69) is 4.98 Å². The van der Waals surface area contributed by atoms with Gasteiger partial charge in [-0.05, 0) is 60.4 Å². The number of thiazole rings is 1. The molecule has 170 valence electrons. The summed E-state index contributed by atoms with van der Waals surface area (Å²) < 4.78 is 35.0. The van der Waals surface area contributed by atoms with Crippen molar-refractivity contribution in [2.45, 2.75) is 31.6 Å². The first-order valence-corrected chi connectivity index (χ1v) is 12.7. The lowest BCUT2D eigenvalue weighted by atomic mass is 9.97. The Bertz CT molecular complexity index is 1430. The van der Waals surface area contributed by atoms with E-state index in [1.165, 1.54) is 34.9 Å². The number of carbonyl (C=O) groups is 1. The van der Waals surface area contributed by atoms with Crippen LogP contribution in [0.15, 0.2) is 71.6 Å². The lowest BCUT2D eigenvalue weighted by Gasteiger charge is -2.22. The number of rotatable bonds is 6. The SMILES string of the molecule is COC(=O)c1cc(S(=O)(=O)N(c2ccccc2)c2nc3ccc(C)cc3s2)ccc1C(C)C. The number of nitrogens with zero attached hydrogens (tertiary/aromatic N) is 2. The van der Waals surface area contributed by atoms with Gasteiger partial charge in [-0.25, -0.2) is 22.5 Å². The fraction of sp³-hybridized carbons (Fsp3) is 0.200. The van der Waals surface area contributed by atoms with Crippen LogP contribution in [0.1, 0.15) is 41.3 Å². The predicted octanol–water partition coefficient (Wildman–Crippen LogP) is 6.04. The predicted molar refractivity (Wildman–Crippen MR) is 132 cm³/mol. The van der Waals surface area contributed by atoms with Crippen molar-refractivity contribution in [1.82, 2.24) is 4.98 Å². The molecule has 33 heavy (non-hydrogen) atoms. The van der Waals surface area contributed by atoms with Crippen LogP contribution in [-0.2, 0) is 14.8 Å². The van der Waals surface area contributed by atoms with E-state index >= 15 is 0 Å². The van der Waals surface area contributed by atoms with Crippen molar-refractivity contribution in [3.05, 3.63) is 83.4 Å². The van der Waals surface area contributed by atoms with Crippen LogP contribution in [0.25, 0.3) is 10.2 Å². The van der Waals surface area contributed by atoms with Gasteiger partial charge in [0.25, 0.3) is 10.0 Å². The summed E-state index contributed by atoms with van der Waals surface area (Å²) in [5, 5.41) is 0.328. The van der Waals surface area contributed by atoms with Crippen molar-refractivity contribution in [3.8, 4) is 0 Å². The number of benzene rings is 3. The normalized spacial score (nSPS) is 11.7. The van der Waals surface area contributed by atoms with E-state index in [0.717, 1.165) is 21.3 Å². The molecule has 4 rings (SSSR count). The number of aromatic nitrogens is 1. The molecule has 0 saturated carbocycles. The van der Waals surface area contributed by atoms with Gasteiger partial charge < -0.3 is 4.74 Å². The Balaban J connectivity index is 1.92. The van der Waals surface area contributed by atoms with Crippen LogP contribution in [0.5, 0.6) is 0 Å². The van der Waals surface area contributed by atoms with Gasteiger partial charge in [-0.1, -0.05) is 55.5 Å². The molecule has 0 aliphatic heterocycles. The van der Waals surface area contributed by atoms with Crippen LogP contribution < -0.4 is 4.31 Å². The van der Waals surface area contributed by atoms with Gasteiger partial charge >= 0.3 is 5.97 Å². The molecule has 0 N–H and O–H groups in total. The van der Waals surface area contributed by atoms with Gasteiger partial charge in [-0.3, -0.25) is 0 Å². The number of hydrogen-bond acceptors (Lipinski definition) is 6. The number of para-hydroxylation sites is 1. The summed E-state index contributed by atoms with van der Waals surface area (Å²) in [5.74, 6) is -0.550. The molecule has 0 aliphatic rings. The second-order valence-electron chi connectivity index (χ2n) is 7.97. The van der Waals surface area contributed by atoms with E-state index in [1.807, 2.05) is 45.0 Å². The fourth-order valence-corrected chi connectivity index (χ4v) is 6.37. The standard InChI is InChI=1S/C25H24N2O4S2/c1-16(2)20-12-11-19(15-21(20)24(28)31-4)33(29,30)27(18-8-6-5-7-9-18)25-26-22-13-10-17(3)14-23(22)32-25/h5-16H,1-4H3. The van der Waals surface area contributed by atoms with Crippen LogP contribution >= 0.6 is 11.3 Å². The number of methoxy groups -OCH3 is 1. The quantitative estimate of drug-likeness (QED) is 0.314. The molecule has 0 radical (unpaired) electrons. The Morgan fingerprint density at radius 2 is 1.76 bits per heavy atom. The second kappa shape index (κ2) is 8.96. The number of carbonyl (C=O) groups excluding carboxylic acids is 1. The zero-order chi connectivity index (χ0) is 23.8. The van der Waals surface area contributed by atoms with Crippen molar-refractivity contribution in [2.24, 2.45) is 0 Å². The molecule has 0 spiro atoms. The summed E-state index contributed by atoms with van der Waals surface area (Å²) in [6.45, 7) is 5.86. The number of anilines is 2. The zero-order valence-electron chi connectivity index (χ0n) is 18.8. The minimum absolute atomic E-state index is 0.00779. The highest BCUT2D eigenvalue weighted by atomic mass is 32.2. The largest absolute Gasteiger partial charge is 0.465 e. The molecule has 1 heterocycles. The highest BCUT2D eigenvalue weighted by Gasteiger charge is 2.31. The smallest absolute Gasteiger partial charge is 0.338 e. The molecule has 4 aromatic rings. The Kier molecular flexibility index (Phi) is 6.23. The van der Waals surface area contributed by atoms with E-state index < -0.39 is 16.0 Å². The molecule has 0 saturated heterocycles. The topological polar surface area (TPSA) is 76.6 Å². The van der Waals surface area contributed by atoms with Crippen LogP contribution in [0.3, 0.4) is 0 Å². The summed E-state index contributed by atoms with van der Waals surface area (Å²) in [4.78, 5) is 17.0. The highest BCUT2D eigenvalue weighted by molar-refractivity contribution is 7.93. The molecule has 8 heteroatoms. The first-order valence-electron chi connectivity index (χ1n) is 10.4. The van der Waals surface area contributed by atoms with Gasteiger partial charge in [0, 0.05) is 0 Å². The number of sulfonamides is 1. The second-order valence-corrected chi connectivity index (χ2v) is 10.8. The molecule has 0 atom stereocenters. The average molecular weight is 481 g/mol. The lowest BCUT2D eigenvalue weighted by Crippen LogP contribution is -2.26.